The minimum atomic E-state index is -0.801. The molecule has 3 aromatic rings. The molecule has 0 unspecified atom stereocenters. The summed E-state index contributed by atoms with van der Waals surface area (Å²) in [6.07, 6.45) is 3.02. The van der Waals surface area contributed by atoms with Crippen molar-refractivity contribution < 1.29 is 23.5 Å². The summed E-state index contributed by atoms with van der Waals surface area (Å²) in [6, 6.07) is 22.1. The van der Waals surface area contributed by atoms with Crippen LogP contribution in [0.2, 0.25) is 0 Å². The second kappa shape index (κ2) is 15.1. The van der Waals surface area contributed by atoms with Crippen LogP contribution in [0.5, 0.6) is 0 Å². The number of fused-ring (bicyclic) bond motifs is 1. The number of aldehydes is 1. The van der Waals surface area contributed by atoms with Crippen LogP contribution in [0.3, 0.4) is 0 Å². The van der Waals surface area contributed by atoms with Crippen LogP contribution in [0.15, 0.2) is 72.8 Å². The highest BCUT2D eigenvalue weighted by molar-refractivity contribution is 5.97. The first-order valence-corrected chi connectivity index (χ1v) is 12.2. The fraction of sp³-hybridized carbons (Fsp3) is 0.310. The Bertz CT molecular complexity index is 1160. The lowest BCUT2D eigenvalue weighted by molar-refractivity contribution is -0.129. The highest BCUT2D eigenvalue weighted by Gasteiger charge is 2.19. The summed E-state index contributed by atoms with van der Waals surface area (Å²) in [5.41, 5.74) is 1.77. The topological polar surface area (TPSA) is 104 Å². The first-order chi connectivity index (χ1) is 17.3. The number of rotatable bonds is 10. The maximum atomic E-state index is 12.0. The van der Waals surface area contributed by atoms with Gasteiger partial charge < -0.3 is 20.7 Å². The highest BCUT2D eigenvalue weighted by Crippen LogP contribution is 2.14. The summed E-state index contributed by atoms with van der Waals surface area (Å²) < 4.78 is 0. The van der Waals surface area contributed by atoms with Crippen molar-refractivity contribution in [3.05, 3.63) is 83.9 Å². The molecule has 2 atom stereocenters. The minimum Gasteiger partial charge on any atom is -0.345 e. The quantitative estimate of drug-likeness (QED) is 0.355. The molecule has 0 fully saturated rings. The summed E-state index contributed by atoms with van der Waals surface area (Å²) in [6.45, 7) is 5.40. The van der Waals surface area contributed by atoms with Crippen molar-refractivity contribution in [2.75, 3.05) is 6.54 Å². The number of carbonyl (C=O) groups excluding carboxylic acids is 4. The van der Waals surface area contributed by atoms with E-state index < -0.39 is 23.9 Å². The Morgan fingerprint density at radius 3 is 2.25 bits per heavy atom. The lowest BCUT2D eigenvalue weighted by Crippen LogP contribution is -2.50. The van der Waals surface area contributed by atoms with E-state index in [-0.39, 0.29) is 16.7 Å². The monoisotopic (exact) mass is 495 g/mol. The van der Waals surface area contributed by atoms with Gasteiger partial charge in [-0.15, -0.1) is 0 Å². The first kappa shape index (κ1) is 28.2. The van der Waals surface area contributed by atoms with Gasteiger partial charge in [-0.25, -0.2) is 0 Å². The van der Waals surface area contributed by atoms with Crippen molar-refractivity contribution in [2.24, 2.45) is 0 Å². The van der Waals surface area contributed by atoms with E-state index in [1.54, 1.807) is 30.3 Å². The van der Waals surface area contributed by atoms with Gasteiger partial charge >= 0.3 is 0 Å². The number of hydrogen-bond acceptors (Lipinski definition) is 4. The summed E-state index contributed by atoms with van der Waals surface area (Å²) in [5, 5.41) is 10.2. The Balaban J connectivity index is 0. The molecule has 3 N–H and O–H groups in total. The molecule has 0 bridgehead atoms. The second-order valence-corrected chi connectivity index (χ2v) is 8.58. The third-order valence-electron chi connectivity index (χ3n) is 5.48. The van der Waals surface area contributed by atoms with Gasteiger partial charge in [-0.1, -0.05) is 86.0 Å². The predicted octanol–water partition coefficient (Wildman–Crippen LogP) is 4.68. The number of carbonyl (C=O) groups is 4. The molecule has 0 aliphatic carbocycles. The van der Waals surface area contributed by atoms with E-state index in [4.69, 9.17) is 0 Å². The number of hydrogen-bond donors (Lipinski definition) is 3. The number of unbranched alkanes of at least 4 members (excludes halogenated alkanes) is 1. The first-order valence-electron chi connectivity index (χ1n) is 12.2. The summed E-state index contributed by atoms with van der Waals surface area (Å²) in [4.78, 5) is 46.6. The molecular weight excluding hydrogens is 454 g/mol. The van der Waals surface area contributed by atoms with Crippen LogP contribution >= 0.6 is 0 Å². The van der Waals surface area contributed by atoms with Crippen LogP contribution in [-0.2, 0) is 14.4 Å². The predicted molar refractivity (Wildman–Crippen MR) is 149 cm³/mol. The van der Waals surface area contributed by atoms with E-state index in [1.807, 2.05) is 6.92 Å². The third kappa shape index (κ3) is 9.70. The van der Waals surface area contributed by atoms with Gasteiger partial charge in [-0.2, -0.15) is 0 Å². The summed E-state index contributed by atoms with van der Waals surface area (Å²) in [5.74, 6) is -1.28. The van der Waals surface area contributed by atoms with Gasteiger partial charge in [-0.3, -0.25) is 14.4 Å². The molecule has 36 heavy (non-hydrogen) atoms. The van der Waals surface area contributed by atoms with Gasteiger partial charge in [0.1, 0.15) is 12.3 Å². The molecule has 0 saturated heterocycles. The van der Waals surface area contributed by atoms with Crippen molar-refractivity contribution >= 4 is 34.8 Å². The highest BCUT2D eigenvalue weighted by atomic mass is 16.2. The van der Waals surface area contributed by atoms with Crippen molar-refractivity contribution in [1.29, 1.82) is 0 Å². The SMILES string of the molecule is CCCC[C@@H](C=O)NC(=O)[C@H](C)NC(=O)CNC(=O)c1ccccc1.Cc1ccc2ccccc2c1.[HH].[HH].[HH]. The average Bonchev–Trinajstić information content (AvgIpc) is 2.90. The van der Waals surface area contributed by atoms with Crippen molar-refractivity contribution in [3.63, 3.8) is 0 Å². The summed E-state index contributed by atoms with van der Waals surface area (Å²) >= 11 is 0. The molecule has 3 rings (SSSR count). The molecule has 3 aromatic carbocycles. The van der Waals surface area contributed by atoms with Crippen LogP contribution in [0.1, 0.15) is 53.3 Å². The number of aryl methyl sites for hydroxylation is 1. The number of nitrogens with one attached hydrogen (secondary N) is 3. The Labute approximate surface area is 217 Å². The van der Waals surface area contributed by atoms with Gasteiger partial charge in [0, 0.05) is 9.84 Å². The molecule has 0 aromatic heterocycles. The van der Waals surface area contributed by atoms with Gasteiger partial charge in [0.05, 0.1) is 12.6 Å². The number of benzene rings is 3. The van der Waals surface area contributed by atoms with E-state index in [2.05, 4.69) is 65.3 Å². The molecule has 0 saturated carbocycles. The van der Waals surface area contributed by atoms with Gasteiger partial charge in [0.25, 0.3) is 5.91 Å². The Hall–Kier alpha value is -4.00. The Kier molecular flexibility index (Phi) is 11.8. The zero-order valence-corrected chi connectivity index (χ0v) is 21.1. The molecule has 0 radical (unpaired) electrons. The standard InChI is InChI=1S/C18H25N3O4.C11H10.3H2/c1-3-4-10-15(12-22)21-17(24)13(2)20-16(23)11-19-18(25)14-8-6-5-7-9-14;1-9-6-7-10-4-2-3-5-11(10)8-9;;;/h5-9,12-13,15H,3-4,10-11H2,1-2H3,(H,19,25)(H,20,23)(H,21,24);2-8H,1H3;3*1H/t13-,15-;;;;/m0..../s1. The number of amides is 3. The maximum Gasteiger partial charge on any atom is 0.251 e. The van der Waals surface area contributed by atoms with Crippen molar-refractivity contribution in [1.82, 2.24) is 16.0 Å². The van der Waals surface area contributed by atoms with Crippen molar-refractivity contribution in [2.45, 2.75) is 52.1 Å². The van der Waals surface area contributed by atoms with E-state index in [1.165, 1.54) is 23.3 Å². The summed E-state index contributed by atoms with van der Waals surface area (Å²) in [7, 11) is 0. The van der Waals surface area contributed by atoms with Gasteiger partial charge in [0.15, 0.2) is 0 Å². The average molecular weight is 496 g/mol. The molecule has 0 aliphatic rings. The maximum absolute atomic E-state index is 12.0. The molecule has 196 valence electrons. The fourth-order valence-corrected chi connectivity index (χ4v) is 3.42. The third-order valence-corrected chi connectivity index (χ3v) is 5.48. The normalized spacial score (nSPS) is 11.9. The zero-order chi connectivity index (χ0) is 26.3. The largest absolute Gasteiger partial charge is 0.345 e. The van der Waals surface area contributed by atoms with Crippen molar-refractivity contribution in [3.8, 4) is 0 Å². The Morgan fingerprint density at radius 2 is 1.58 bits per heavy atom. The van der Waals surface area contributed by atoms with E-state index in [9.17, 15) is 19.2 Å². The molecule has 3 amide bonds. The van der Waals surface area contributed by atoms with Crippen LogP contribution in [0.25, 0.3) is 10.8 Å². The lowest BCUT2D eigenvalue weighted by atomic mass is 10.1. The van der Waals surface area contributed by atoms with E-state index in [0.717, 1.165) is 12.8 Å². The van der Waals surface area contributed by atoms with Gasteiger partial charge in [-0.05, 0) is 43.2 Å². The van der Waals surface area contributed by atoms with E-state index in [0.29, 0.717) is 18.3 Å². The smallest absolute Gasteiger partial charge is 0.251 e. The molecule has 0 spiro atoms. The van der Waals surface area contributed by atoms with Crippen LogP contribution in [-0.4, -0.2) is 42.6 Å². The van der Waals surface area contributed by atoms with Crippen LogP contribution in [0.4, 0.5) is 0 Å². The lowest BCUT2D eigenvalue weighted by Gasteiger charge is -2.17. The molecule has 0 heterocycles. The Morgan fingerprint density at radius 1 is 0.917 bits per heavy atom. The molecule has 7 nitrogen and oxygen atoms in total. The minimum absolute atomic E-state index is 0. The van der Waals surface area contributed by atoms with E-state index >= 15 is 0 Å². The second-order valence-electron chi connectivity index (χ2n) is 8.58. The molecule has 0 aliphatic heterocycles. The zero-order valence-electron chi connectivity index (χ0n) is 21.1. The molecular formula is C29H41N3O4. The van der Waals surface area contributed by atoms with Crippen LogP contribution in [0, 0.1) is 6.92 Å². The molecule has 7 heteroatoms. The fourth-order valence-electron chi connectivity index (χ4n) is 3.42. The van der Waals surface area contributed by atoms with Gasteiger partial charge in [0.2, 0.25) is 11.8 Å². The van der Waals surface area contributed by atoms with Crippen LogP contribution < -0.4 is 16.0 Å².